The minimum atomic E-state index is -0.167. The standard InChI is InChI=1S/C18H33NO3/c1-3-20-14-21-15(2)22-17-8-4-7-16(17)19-12-6-11-18(13-19)9-5-10-18/h15-17H,3-14H2,1-2H3. The summed E-state index contributed by atoms with van der Waals surface area (Å²) < 4.78 is 17.0. The van der Waals surface area contributed by atoms with Crippen LogP contribution in [-0.2, 0) is 14.2 Å². The van der Waals surface area contributed by atoms with Gasteiger partial charge in [-0.3, -0.25) is 4.90 Å². The molecule has 1 saturated heterocycles. The molecule has 0 bridgehead atoms. The normalized spacial score (nSPS) is 33.0. The molecule has 3 atom stereocenters. The summed E-state index contributed by atoms with van der Waals surface area (Å²) in [6, 6.07) is 0.607. The van der Waals surface area contributed by atoms with E-state index in [4.69, 9.17) is 14.2 Å². The van der Waals surface area contributed by atoms with Gasteiger partial charge >= 0.3 is 0 Å². The summed E-state index contributed by atoms with van der Waals surface area (Å²) in [6.07, 6.45) is 11.1. The number of nitrogens with zero attached hydrogens (tertiary/aromatic N) is 1. The minimum Gasteiger partial charge on any atom is -0.356 e. The molecule has 4 nitrogen and oxygen atoms in total. The first-order valence-corrected chi connectivity index (χ1v) is 9.31. The summed E-state index contributed by atoms with van der Waals surface area (Å²) in [5.41, 5.74) is 0.669. The topological polar surface area (TPSA) is 30.9 Å². The fourth-order valence-electron chi connectivity index (χ4n) is 4.61. The Hall–Kier alpha value is -0.160. The van der Waals surface area contributed by atoms with E-state index in [1.54, 1.807) is 0 Å². The predicted octanol–water partition coefficient (Wildman–Crippen LogP) is 3.55. The van der Waals surface area contributed by atoms with Gasteiger partial charge in [0.15, 0.2) is 6.29 Å². The molecule has 0 aromatic carbocycles. The lowest BCUT2D eigenvalue weighted by Gasteiger charge is -2.51. The van der Waals surface area contributed by atoms with Crippen molar-refractivity contribution in [1.82, 2.24) is 4.90 Å². The van der Waals surface area contributed by atoms with Gasteiger partial charge in [-0.2, -0.15) is 0 Å². The Bertz CT molecular complexity index is 345. The van der Waals surface area contributed by atoms with Crippen LogP contribution in [0.2, 0.25) is 0 Å². The Morgan fingerprint density at radius 3 is 2.68 bits per heavy atom. The van der Waals surface area contributed by atoms with Gasteiger partial charge in [0.25, 0.3) is 0 Å². The summed E-state index contributed by atoms with van der Waals surface area (Å²) in [5.74, 6) is 0. The van der Waals surface area contributed by atoms with Crippen molar-refractivity contribution in [2.75, 3.05) is 26.5 Å². The molecule has 0 aromatic heterocycles. The van der Waals surface area contributed by atoms with Gasteiger partial charge in [0, 0.05) is 19.2 Å². The fourth-order valence-corrected chi connectivity index (χ4v) is 4.61. The third-order valence-corrected chi connectivity index (χ3v) is 5.95. The van der Waals surface area contributed by atoms with Crippen LogP contribution in [0.1, 0.15) is 65.2 Å². The maximum Gasteiger partial charge on any atom is 0.158 e. The highest BCUT2D eigenvalue weighted by atomic mass is 16.7. The van der Waals surface area contributed by atoms with Gasteiger partial charge in [0.2, 0.25) is 0 Å². The maximum atomic E-state index is 6.20. The SMILES string of the molecule is CCOCOC(C)OC1CCCC1N1CCCC2(CCC2)C1. The van der Waals surface area contributed by atoms with Gasteiger partial charge in [0.05, 0.1) is 6.10 Å². The number of hydrogen-bond donors (Lipinski definition) is 0. The zero-order valence-electron chi connectivity index (χ0n) is 14.4. The van der Waals surface area contributed by atoms with Gasteiger partial charge in [-0.15, -0.1) is 0 Å². The van der Waals surface area contributed by atoms with Crippen LogP contribution in [0.5, 0.6) is 0 Å². The molecular formula is C18H33NO3. The maximum absolute atomic E-state index is 6.20. The van der Waals surface area contributed by atoms with Crippen LogP contribution < -0.4 is 0 Å². The fraction of sp³-hybridized carbons (Fsp3) is 1.00. The second kappa shape index (κ2) is 7.61. The molecule has 2 saturated carbocycles. The zero-order valence-corrected chi connectivity index (χ0v) is 14.4. The summed E-state index contributed by atoms with van der Waals surface area (Å²) in [4.78, 5) is 2.75. The molecule has 3 rings (SSSR count). The highest BCUT2D eigenvalue weighted by molar-refractivity contribution is 4.97. The van der Waals surface area contributed by atoms with Crippen LogP contribution in [0.4, 0.5) is 0 Å². The lowest BCUT2D eigenvalue weighted by Crippen LogP contribution is -2.53. The lowest BCUT2D eigenvalue weighted by atomic mass is 9.64. The highest BCUT2D eigenvalue weighted by Crippen LogP contribution is 2.48. The van der Waals surface area contributed by atoms with E-state index in [9.17, 15) is 0 Å². The Kier molecular flexibility index (Phi) is 5.77. The molecular weight excluding hydrogens is 278 g/mol. The van der Waals surface area contributed by atoms with Crippen LogP contribution in [0.15, 0.2) is 0 Å². The molecule has 0 aromatic rings. The Morgan fingerprint density at radius 2 is 1.95 bits per heavy atom. The van der Waals surface area contributed by atoms with E-state index in [-0.39, 0.29) is 6.29 Å². The van der Waals surface area contributed by atoms with Gasteiger partial charge < -0.3 is 14.2 Å². The van der Waals surface area contributed by atoms with Crippen LogP contribution in [-0.4, -0.2) is 49.8 Å². The zero-order chi connectivity index (χ0) is 15.4. The summed E-state index contributed by atoms with van der Waals surface area (Å²) in [6.45, 7) is 7.58. The van der Waals surface area contributed by atoms with Crippen molar-refractivity contribution < 1.29 is 14.2 Å². The van der Waals surface area contributed by atoms with E-state index in [2.05, 4.69) is 4.90 Å². The Balaban J connectivity index is 1.49. The molecule has 128 valence electrons. The molecule has 4 heteroatoms. The predicted molar refractivity (Wildman–Crippen MR) is 86.6 cm³/mol. The van der Waals surface area contributed by atoms with E-state index in [1.807, 2.05) is 13.8 Å². The monoisotopic (exact) mass is 311 g/mol. The van der Waals surface area contributed by atoms with E-state index in [0.29, 0.717) is 31.0 Å². The van der Waals surface area contributed by atoms with Crippen LogP contribution in [0.3, 0.4) is 0 Å². The molecule has 1 spiro atoms. The van der Waals surface area contributed by atoms with Gasteiger partial charge in [0.1, 0.15) is 6.79 Å². The smallest absolute Gasteiger partial charge is 0.158 e. The number of piperidine rings is 1. The van der Waals surface area contributed by atoms with Crippen molar-refractivity contribution in [3.05, 3.63) is 0 Å². The number of rotatable bonds is 7. The Labute approximate surface area is 135 Å². The van der Waals surface area contributed by atoms with E-state index in [0.717, 1.165) is 0 Å². The first kappa shape index (κ1) is 16.7. The summed E-state index contributed by atoms with van der Waals surface area (Å²) in [7, 11) is 0. The number of likely N-dealkylation sites (tertiary alicyclic amines) is 1. The number of hydrogen-bond acceptors (Lipinski definition) is 4. The average Bonchev–Trinajstić information content (AvgIpc) is 2.94. The highest BCUT2D eigenvalue weighted by Gasteiger charge is 2.44. The molecule has 3 fully saturated rings. The van der Waals surface area contributed by atoms with Crippen molar-refractivity contribution in [3.8, 4) is 0 Å². The molecule has 1 heterocycles. The lowest BCUT2D eigenvalue weighted by molar-refractivity contribution is -0.211. The minimum absolute atomic E-state index is 0.167. The van der Waals surface area contributed by atoms with Crippen LogP contribution in [0.25, 0.3) is 0 Å². The molecule has 2 aliphatic carbocycles. The van der Waals surface area contributed by atoms with Crippen molar-refractivity contribution in [2.24, 2.45) is 5.41 Å². The first-order chi connectivity index (χ1) is 10.7. The molecule has 1 aliphatic heterocycles. The van der Waals surface area contributed by atoms with E-state index < -0.39 is 0 Å². The second-order valence-corrected chi connectivity index (χ2v) is 7.45. The third-order valence-electron chi connectivity index (χ3n) is 5.95. The van der Waals surface area contributed by atoms with E-state index >= 15 is 0 Å². The average molecular weight is 311 g/mol. The molecule has 0 amide bonds. The van der Waals surface area contributed by atoms with Crippen molar-refractivity contribution in [1.29, 1.82) is 0 Å². The van der Waals surface area contributed by atoms with Gasteiger partial charge in [-0.25, -0.2) is 0 Å². The quantitative estimate of drug-likeness (QED) is 0.531. The summed E-state index contributed by atoms with van der Waals surface area (Å²) in [5, 5.41) is 0. The molecule has 0 radical (unpaired) electrons. The van der Waals surface area contributed by atoms with Gasteiger partial charge in [-0.05, 0) is 70.8 Å². The molecule has 0 N–H and O–H groups in total. The number of ether oxygens (including phenoxy) is 3. The van der Waals surface area contributed by atoms with Gasteiger partial charge in [-0.1, -0.05) is 6.42 Å². The molecule has 22 heavy (non-hydrogen) atoms. The van der Waals surface area contributed by atoms with Crippen molar-refractivity contribution >= 4 is 0 Å². The molecule has 3 unspecified atom stereocenters. The van der Waals surface area contributed by atoms with Crippen LogP contribution >= 0.6 is 0 Å². The largest absolute Gasteiger partial charge is 0.356 e. The summed E-state index contributed by atoms with van der Waals surface area (Å²) >= 11 is 0. The Morgan fingerprint density at radius 1 is 1.14 bits per heavy atom. The van der Waals surface area contributed by atoms with Crippen molar-refractivity contribution in [2.45, 2.75) is 83.6 Å². The molecule has 3 aliphatic rings. The van der Waals surface area contributed by atoms with Crippen LogP contribution in [0, 0.1) is 5.41 Å². The van der Waals surface area contributed by atoms with Crippen molar-refractivity contribution in [3.63, 3.8) is 0 Å². The second-order valence-electron chi connectivity index (χ2n) is 7.45. The first-order valence-electron chi connectivity index (χ1n) is 9.31. The van der Waals surface area contributed by atoms with E-state index in [1.165, 1.54) is 64.5 Å². The third kappa shape index (κ3) is 3.84.